The second-order valence-corrected chi connectivity index (χ2v) is 3.50. The Morgan fingerprint density at radius 1 is 1.17 bits per heavy atom. The Balaban J connectivity index is 2.96. The number of hydrogen-bond acceptors (Lipinski definition) is 2. The largest absolute Gasteiger partial charge is 0.399 e. The molecule has 1 rings (SSSR count). The van der Waals surface area contributed by atoms with Crippen LogP contribution in [-0.2, 0) is 5.54 Å². The Labute approximate surface area is 73.8 Å². The third-order valence-electron chi connectivity index (χ3n) is 2.26. The van der Waals surface area contributed by atoms with Crippen molar-refractivity contribution in [2.24, 2.45) is 0 Å². The lowest BCUT2D eigenvalue weighted by Gasteiger charge is -2.24. The molecule has 12 heavy (non-hydrogen) atoms. The zero-order valence-electron chi connectivity index (χ0n) is 7.89. The summed E-state index contributed by atoms with van der Waals surface area (Å²) < 4.78 is 0. The fourth-order valence-electron chi connectivity index (χ4n) is 1.04. The van der Waals surface area contributed by atoms with E-state index in [4.69, 9.17) is 5.73 Å². The molecule has 0 unspecified atom stereocenters. The molecule has 0 aliphatic heterocycles. The predicted molar refractivity (Wildman–Crippen MR) is 52.9 cm³/mol. The summed E-state index contributed by atoms with van der Waals surface area (Å²) in [5, 5.41) is 3.24. The lowest BCUT2D eigenvalue weighted by Crippen LogP contribution is -2.32. The second-order valence-electron chi connectivity index (χ2n) is 3.50. The van der Waals surface area contributed by atoms with Crippen LogP contribution in [0.25, 0.3) is 0 Å². The molecule has 1 aromatic rings. The molecule has 0 aromatic heterocycles. The van der Waals surface area contributed by atoms with Gasteiger partial charge in [-0.3, -0.25) is 0 Å². The molecule has 0 bridgehead atoms. The third kappa shape index (κ3) is 1.77. The van der Waals surface area contributed by atoms with Gasteiger partial charge in [0.05, 0.1) is 0 Å². The quantitative estimate of drug-likeness (QED) is 0.653. The number of hydrogen-bond donors (Lipinski definition) is 2. The van der Waals surface area contributed by atoms with Gasteiger partial charge in [0.1, 0.15) is 0 Å². The summed E-state index contributed by atoms with van der Waals surface area (Å²) in [6, 6.07) is 7.94. The zero-order chi connectivity index (χ0) is 9.19. The molecule has 3 N–H and O–H groups in total. The number of nitrogen functional groups attached to an aromatic ring is 1. The van der Waals surface area contributed by atoms with E-state index >= 15 is 0 Å². The maximum absolute atomic E-state index is 5.59. The minimum Gasteiger partial charge on any atom is -0.399 e. The standard InChI is InChI=1S/C10H16N2/c1-10(2,12-3)8-4-6-9(11)7-5-8/h4-7,12H,11H2,1-3H3. The van der Waals surface area contributed by atoms with E-state index in [2.05, 4.69) is 19.2 Å². The summed E-state index contributed by atoms with van der Waals surface area (Å²) in [5.41, 5.74) is 7.67. The summed E-state index contributed by atoms with van der Waals surface area (Å²) in [7, 11) is 1.95. The van der Waals surface area contributed by atoms with Crippen LogP contribution in [-0.4, -0.2) is 7.05 Å². The second kappa shape index (κ2) is 3.15. The maximum Gasteiger partial charge on any atom is 0.0375 e. The molecule has 0 aliphatic rings. The van der Waals surface area contributed by atoms with Crippen LogP contribution in [0.5, 0.6) is 0 Å². The lowest BCUT2D eigenvalue weighted by molar-refractivity contribution is 0.445. The molecule has 2 nitrogen and oxygen atoms in total. The van der Waals surface area contributed by atoms with Gasteiger partial charge in [-0.15, -0.1) is 0 Å². The molecule has 0 saturated carbocycles. The van der Waals surface area contributed by atoms with Crippen LogP contribution in [0, 0.1) is 0 Å². The smallest absolute Gasteiger partial charge is 0.0375 e. The average Bonchev–Trinajstić information content (AvgIpc) is 2.05. The monoisotopic (exact) mass is 164 g/mol. The molecule has 0 spiro atoms. The minimum atomic E-state index is 0.0215. The molecule has 2 heteroatoms. The Bertz CT molecular complexity index is 249. The fourth-order valence-corrected chi connectivity index (χ4v) is 1.04. The third-order valence-corrected chi connectivity index (χ3v) is 2.26. The van der Waals surface area contributed by atoms with Gasteiger partial charge < -0.3 is 11.1 Å². The summed E-state index contributed by atoms with van der Waals surface area (Å²) >= 11 is 0. The van der Waals surface area contributed by atoms with E-state index in [0.717, 1.165) is 5.69 Å². The number of nitrogens with one attached hydrogen (secondary N) is 1. The first-order chi connectivity index (χ1) is 5.56. The molecular weight excluding hydrogens is 148 g/mol. The summed E-state index contributed by atoms with van der Waals surface area (Å²) in [6.45, 7) is 4.27. The van der Waals surface area contributed by atoms with Gasteiger partial charge in [-0.05, 0) is 38.6 Å². The minimum absolute atomic E-state index is 0.0215. The van der Waals surface area contributed by atoms with Gasteiger partial charge >= 0.3 is 0 Å². The van der Waals surface area contributed by atoms with E-state index in [9.17, 15) is 0 Å². The number of rotatable bonds is 2. The highest BCUT2D eigenvalue weighted by Gasteiger charge is 2.16. The van der Waals surface area contributed by atoms with E-state index in [1.807, 2.05) is 31.3 Å². The number of anilines is 1. The van der Waals surface area contributed by atoms with E-state index in [1.165, 1.54) is 5.56 Å². The van der Waals surface area contributed by atoms with Crippen LogP contribution in [0.2, 0.25) is 0 Å². The Morgan fingerprint density at radius 3 is 2.08 bits per heavy atom. The summed E-state index contributed by atoms with van der Waals surface area (Å²) in [5.74, 6) is 0. The highest BCUT2D eigenvalue weighted by Crippen LogP contribution is 2.19. The van der Waals surface area contributed by atoms with Crippen molar-refractivity contribution in [3.8, 4) is 0 Å². The van der Waals surface area contributed by atoms with E-state index < -0.39 is 0 Å². The van der Waals surface area contributed by atoms with Crippen molar-refractivity contribution in [2.75, 3.05) is 12.8 Å². The predicted octanol–water partition coefficient (Wildman–Crippen LogP) is 1.72. The van der Waals surface area contributed by atoms with Crippen LogP contribution in [0.1, 0.15) is 19.4 Å². The van der Waals surface area contributed by atoms with Crippen molar-refractivity contribution in [2.45, 2.75) is 19.4 Å². The Kier molecular flexibility index (Phi) is 2.38. The Hall–Kier alpha value is -1.02. The summed E-state index contributed by atoms with van der Waals surface area (Å²) in [6.07, 6.45) is 0. The summed E-state index contributed by atoms with van der Waals surface area (Å²) in [4.78, 5) is 0. The molecular formula is C10H16N2. The van der Waals surface area contributed by atoms with Crippen molar-refractivity contribution in [1.82, 2.24) is 5.32 Å². The molecule has 66 valence electrons. The Morgan fingerprint density at radius 2 is 1.67 bits per heavy atom. The fraction of sp³-hybridized carbons (Fsp3) is 0.400. The van der Waals surface area contributed by atoms with Gasteiger partial charge in [-0.2, -0.15) is 0 Å². The van der Waals surface area contributed by atoms with E-state index in [1.54, 1.807) is 0 Å². The SMILES string of the molecule is CNC(C)(C)c1ccc(N)cc1. The first-order valence-electron chi connectivity index (χ1n) is 4.11. The van der Waals surface area contributed by atoms with Crippen LogP contribution in [0.3, 0.4) is 0 Å². The van der Waals surface area contributed by atoms with Crippen LogP contribution in [0.4, 0.5) is 5.69 Å². The van der Waals surface area contributed by atoms with Crippen molar-refractivity contribution >= 4 is 5.69 Å². The van der Waals surface area contributed by atoms with Gasteiger partial charge in [0.2, 0.25) is 0 Å². The molecule has 0 heterocycles. The lowest BCUT2D eigenvalue weighted by atomic mass is 9.94. The maximum atomic E-state index is 5.59. The molecule has 0 atom stereocenters. The molecule has 0 radical (unpaired) electrons. The number of nitrogens with two attached hydrogens (primary N) is 1. The van der Waals surface area contributed by atoms with Crippen LogP contribution < -0.4 is 11.1 Å². The van der Waals surface area contributed by atoms with Gasteiger partial charge in [-0.25, -0.2) is 0 Å². The number of benzene rings is 1. The van der Waals surface area contributed by atoms with Crippen LogP contribution in [0.15, 0.2) is 24.3 Å². The molecule has 1 aromatic carbocycles. The van der Waals surface area contributed by atoms with E-state index in [-0.39, 0.29) is 5.54 Å². The molecule has 0 aliphatic carbocycles. The normalized spacial score (nSPS) is 11.6. The van der Waals surface area contributed by atoms with Crippen molar-refractivity contribution in [3.63, 3.8) is 0 Å². The van der Waals surface area contributed by atoms with Crippen LogP contribution >= 0.6 is 0 Å². The van der Waals surface area contributed by atoms with Crippen molar-refractivity contribution in [3.05, 3.63) is 29.8 Å². The zero-order valence-corrected chi connectivity index (χ0v) is 7.89. The van der Waals surface area contributed by atoms with Crippen molar-refractivity contribution < 1.29 is 0 Å². The first-order valence-corrected chi connectivity index (χ1v) is 4.11. The highest BCUT2D eigenvalue weighted by molar-refractivity contribution is 5.40. The topological polar surface area (TPSA) is 38.0 Å². The first kappa shape index (κ1) is 9.07. The highest BCUT2D eigenvalue weighted by atomic mass is 14.9. The van der Waals surface area contributed by atoms with Gasteiger partial charge in [0.15, 0.2) is 0 Å². The average molecular weight is 164 g/mol. The van der Waals surface area contributed by atoms with Crippen molar-refractivity contribution in [1.29, 1.82) is 0 Å². The molecule has 0 amide bonds. The van der Waals surface area contributed by atoms with Gasteiger partial charge in [0.25, 0.3) is 0 Å². The molecule has 0 saturated heterocycles. The van der Waals surface area contributed by atoms with Gasteiger partial charge in [-0.1, -0.05) is 12.1 Å². The van der Waals surface area contributed by atoms with E-state index in [0.29, 0.717) is 0 Å². The molecule has 0 fully saturated rings. The van der Waals surface area contributed by atoms with Gasteiger partial charge in [0, 0.05) is 11.2 Å².